The van der Waals surface area contributed by atoms with Gasteiger partial charge in [0.15, 0.2) is 0 Å². The van der Waals surface area contributed by atoms with Crippen LogP contribution >= 0.6 is 15.9 Å². The Labute approximate surface area is 149 Å². The zero-order valence-electron chi connectivity index (χ0n) is 13.5. The summed E-state index contributed by atoms with van der Waals surface area (Å²) in [6.45, 7) is 3.64. The van der Waals surface area contributed by atoms with Crippen molar-refractivity contribution < 1.29 is 5.11 Å². The number of piperidine rings is 1. The lowest BCUT2D eigenvalue weighted by molar-refractivity contribution is 0.114. The zero-order chi connectivity index (χ0) is 16.7. The van der Waals surface area contributed by atoms with Gasteiger partial charge in [0.2, 0.25) is 0 Å². The summed E-state index contributed by atoms with van der Waals surface area (Å²) < 4.78 is 2.43. The monoisotopic (exact) mass is 388 g/mol. The minimum Gasteiger partial charge on any atom is -0.392 e. The summed E-state index contributed by atoms with van der Waals surface area (Å²) in [6.07, 6.45) is 1.14. The van der Waals surface area contributed by atoms with Crippen LogP contribution in [0, 0.1) is 5.92 Å². The van der Waals surface area contributed by atoms with Crippen molar-refractivity contribution in [3.8, 4) is 0 Å². The Morgan fingerprint density at radius 1 is 1.17 bits per heavy atom. The smallest absolute Gasteiger partial charge is 0.265 e. The maximum atomic E-state index is 12.6. The highest BCUT2D eigenvalue weighted by atomic mass is 79.9. The molecule has 0 amide bonds. The van der Waals surface area contributed by atoms with Gasteiger partial charge in [-0.05, 0) is 45.5 Å². The van der Waals surface area contributed by atoms with Crippen molar-refractivity contribution in [1.29, 1.82) is 0 Å². The number of likely N-dealkylation sites (tertiary alicyclic amines) is 1. The number of halogens is 1. The first-order chi connectivity index (χ1) is 11.7. The van der Waals surface area contributed by atoms with Crippen LogP contribution in [0.3, 0.4) is 0 Å². The number of hydrogen-bond donors (Lipinski definition) is 1. The van der Waals surface area contributed by atoms with Crippen LogP contribution in [-0.2, 0) is 19.7 Å². The summed E-state index contributed by atoms with van der Waals surface area (Å²) in [7, 11) is 0. The van der Waals surface area contributed by atoms with E-state index in [2.05, 4.69) is 45.1 Å². The molecule has 3 heterocycles. The Morgan fingerprint density at radius 3 is 2.71 bits per heavy atom. The number of fused-ring (bicyclic) bond motifs is 4. The van der Waals surface area contributed by atoms with Crippen molar-refractivity contribution >= 4 is 15.9 Å². The second-order valence-corrected chi connectivity index (χ2v) is 7.75. The van der Waals surface area contributed by atoms with Gasteiger partial charge >= 0.3 is 0 Å². The van der Waals surface area contributed by atoms with Gasteiger partial charge in [0.1, 0.15) is 0 Å². The third-order valence-electron chi connectivity index (χ3n) is 5.24. The van der Waals surface area contributed by atoms with Crippen molar-refractivity contribution in [2.45, 2.75) is 32.0 Å². The molecule has 126 valence electrons. The average molecular weight is 389 g/mol. The van der Waals surface area contributed by atoms with Gasteiger partial charge in [0, 0.05) is 37.8 Å². The zero-order valence-corrected chi connectivity index (χ0v) is 15.1. The van der Waals surface area contributed by atoms with E-state index in [1.807, 2.05) is 16.7 Å². The SMILES string of the molecule is O=c1c(Br)c(CO)cc2n1CC1CC2CN(Cc2ccccc2)C1. The van der Waals surface area contributed by atoms with Crippen LogP contribution in [0.15, 0.2) is 45.7 Å². The first-order valence-electron chi connectivity index (χ1n) is 8.45. The van der Waals surface area contributed by atoms with Crippen LogP contribution in [0.4, 0.5) is 0 Å². The van der Waals surface area contributed by atoms with Crippen LogP contribution in [0.1, 0.15) is 29.2 Å². The third kappa shape index (κ3) is 2.85. The van der Waals surface area contributed by atoms with E-state index >= 15 is 0 Å². The fourth-order valence-corrected chi connectivity index (χ4v) is 4.67. The van der Waals surface area contributed by atoms with Gasteiger partial charge in [-0.25, -0.2) is 0 Å². The van der Waals surface area contributed by atoms with Crippen molar-refractivity contribution in [1.82, 2.24) is 9.47 Å². The van der Waals surface area contributed by atoms with E-state index in [1.165, 1.54) is 5.56 Å². The lowest BCUT2D eigenvalue weighted by Gasteiger charge is -2.43. The molecular weight excluding hydrogens is 368 g/mol. The molecule has 0 spiro atoms. The summed E-state index contributed by atoms with van der Waals surface area (Å²) >= 11 is 3.35. The van der Waals surface area contributed by atoms with Gasteiger partial charge in [-0.2, -0.15) is 0 Å². The predicted octanol–water partition coefficient (Wildman–Crippen LogP) is 2.72. The number of hydrogen-bond acceptors (Lipinski definition) is 3. The van der Waals surface area contributed by atoms with Crippen LogP contribution in [-0.4, -0.2) is 27.7 Å². The second-order valence-electron chi connectivity index (χ2n) is 6.96. The molecular formula is C19H21BrN2O2. The molecule has 24 heavy (non-hydrogen) atoms. The van der Waals surface area contributed by atoms with Crippen LogP contribution < -0.4 is 5.56 Å². The van der Waals surface area contributed by atoms with E-state index in [9.17, 15) is 9.90 Å². The molecule has 1 saturated heterocycles. The Balaban J connectivity index is 1.63. The van der Waals surface area contributed by atoms with Crippen molar-refractivity contribution in [3.05, 3.63) is 68.0 Å². The molecule has 1 N–H and O–H groups in total. The molecule has 0 radical (unpaired) electrons. The Hall–Kier alpha value is -1.43. The first-order valence-corrected chi connectivity index (χ1v) is 9.24. The van der Waals surface area contributed by atoms with Crippen LogP contribution in [0.5, 0.6) is 0 Å². The van der Waals surface area contributed by atoms with Gasteiger partial charge in [0.05, 0.1) is 11.1 Å². The summed E-state index contributed by atoms with van der Waals surface area (Å²) in [5.74, 6) is 0.886. The maximum Gasteiger partial charge on any atom is 0.265 e. The minimum absolute atomic E-state index is 0.00255. The fourth-order valence-electron chi connectivity index (χ4n) is 4.21. The van der Waals surface area contributed by atoms with Gasteiger partial charge in [-0.1, -0.05) is 30.3 Å². The molecule has 1 aromatic heterocycles. The number of aliphatic hydroxyl groups excluding tert-OH is 1. The van der Waals surface area contributed by atoms with E-state index in [1.54, 1.807) is 0 Å². The first kappa shape index (κ1) is 16.1. The fraction of sp³-hybridized carbons (Fsp3) is 0.421. The van der Waals surface area contributed by atoms with Gasteiger partial charge in [0.25, 0.3) is 5.56 Å². The summed E-state index contributed by atoms with van der Waals surface area (Å²) in [6, 6.07) is 12.6. The number of rotatable bonds is 3. The Bertz CT molecular complexity index is 803. The standard InChI is InChI=1S/C19H21BrN2O2/c20-18-16(12-23)7-17-15-6-14(10-22(17)19(18)24)9-21(11-15)8-13-4-2-1-3-5-13/h1-5,7,14-15,23H,6,8-12H2. The molecule has 0 saturated carbocycles. The molecule has 2 unspecified atom stereocenters. The highest BCUT2D eigenvalue weighted by Gasteiger charge is 2.35. The maximum absolute atomic E-state index is 12.6. The van der Waals surface area contributed by atoms with E-state index in [-0.39, 0.29) is 12.2 Å². The van der Waals surface area contributed by atoms with Crippen LogP contribution in [0.2, 0.25) is 0 Å². The van der Waals surface area contributed by atoms with E-state index < -0.39 is 0 Å². The van der Waals surface area contributed by atoms with Crippen molar-refractivity contribution in [2.24, 2.45) is 5.92 Å². The third-order valence-corrected chi connectivity index (χ3v) is 6.09. The summed E-state index contributed by atoms with van der Waals surface area (Å²) in [5, 5.41) is 9.53. The average Bonchev–Trinajstić information content (AvgIpc) is 2.59. The number of aliphatic hydroxyl groups is 1. The molecule has 2 aliphatic rings. The normalized spacial score (nSPS) is 23.1. The quantitative estimate of drug-likeness (QED) is 0.878. The molecule has 4 rings (SSSR count). The molecule has 0 aliphatic carbocycles. The Kier molecular flexibility index (Phi) is 4.33. The number of pyridine rings is 1. The molecule has 2 aromatic rings. The molecule has 2 bridgehead atoms. The van der Waals surface area contributed by atoms with Gasteiger partial charge in [-0.3, -0.25) is 9.69 Å². The lowest BCUT2D eigenvalue weighted by atomic mass is 9.82. The highest BCUT2D eigenvalue weighted by molar-refractivity contribution is 9.10. The number of aromatic nitrogens is 1. The molecule has 5 heteroatoms. The molecule has 2 atom stereocenters. The second kappa shape index (κ2) is 6.47. The number of nitrogens with zero attached hydrogens (tertiary/aromatic N) is 2. The lowest BCUT2D eigenvalue weighted by Crippen LogP contribution is -2.47. The van der Waals surface area contributed by atoms with Gasteiger partial charge in [-0.15, -0.1) is 0 Å². The molecule has 2 aliphatic heterocycles. The van der Waals surface area contributed by atoms with Crippen molar-refractivity contribution in [2.75, 3.05) is 13.1 Å². The summed E-state index contributed by atoms with van der Waals surface area (Å²) in [4.78, 5) is 15.1. The van der Waals surface area contributed by atoms with Crippen molar-refractivity contribution in [3.63, 3.8) is 0 Å². The van der Waals surface area contributed by atoms with E-state index in [0.717, 1.165) is 38.3 Å². The largest absolute Gasteiger partial charge is 0.392 e. The number of benzene rings is 1. The predicted molar refractivity (Wildman–Crippen MR) is 96.9 cm³/mol. The highest BCUT2D eigenvalue weighted by Crippen LogP contribution is 2.36. The summed E-state index contributed by atoms with van der Waals surface area (Å²) in [5.41, 5.74) is 3.12. The van der Waals surface area contributed by atoms with E-state index in [0.29, 0.717) is 21.9 Å². The topological polar surface area (TPSA) is 45.5 Å². The van der Waals surface area contributed by atoms with Gasteiger partial charge < -0.3 is 9.67 Å². The molecule has 4 nitrogen and oxygen atoms in total. The van der Waals surface area contributed by atoms with E-state index in [4.69, 9.17) is 0 Å². The Morgan fingerprint density at radius 2 is 1.96 bits per heavy atom. The van der Waals surface area contributed by atoms with Crippen LogP contribution in [0.25, 0.3) is 0 Å². The minimum atomic E-state index is -0.104. The molecule has 1 fully saturated rings. The molecule has 1 aromatic carbocycles.